The van der Waals surface area contributed by atoms with Gasteiger partial charge >= 0.3 is 0 Å². The van der Waals surface area contributed by atoms with Gasteiger partial charge in [-0.25, -0.2) is 17.8 Å². The van der Waals surface area contributed by atoms with E-state index < -0.39 is 32.7 Å². The highest BCUT2D eigenvalue weighted by Crippen LogP contribution is 2.16. The predicted octanol–water partition coefficient (Wildman–Crippen LogP) is 2.32. The minimum Gasteiger partial charge on any atom is -0.301 e. The Morgan fingerprint density at radius 1 is 1.42 bits per heavy atom. The summed E-state index contributed by atoms with van der Waals surface area (Å²) in [4.78, 5) is 15.8. The number of benzene rings is 1. The third kappa shape index (κ3) is 5.00. The normalized spacial score (nSPS) is 12.8. The molecule has 0 fully saturated rings. The highest BCUT2D eigenvalue weighted by Gasteiger charge is 2.27. The lowest BCUT2D eigenvalue weighted by Gasteiger charge is -2.17. The molecule has 0 saturated carbocycles. The maximum Gasteiger partial charge on any atom is 0.244 e. The molecule has 130 valence electrons. The van der Waals surface area contributed by atoms with Gasteiger partial charge in [0.2, 0.25) is 15.9 Å². The number of rotatable bonds is 8. The Balaban J connectivity index is 2.18. The van der Waals surface area contributed by atoms with E-state index in [1.54, 1.807) is 5.38 Å². The van der Waals surface area contributed by atoms with Gasteiger partial charge in [0.15, 0.2) is 5.13 Å². The molecule has 1 atom stereocenters. The van der Waals surface area contributed by atoms with Crippen molar-refractivity contribution in [3.05, 3.63) is 41.7 Å². The third-order valence-corrected chi connectivity index (χ3v) is 5.85. The smallest absolute Gasteiger partial charge is 0.244 e. The molecule has 0 spiro atoms. The number of thiazole rings is 1. The second-order valence-electron chi connectivity index (χ2n) is 4.71. The molecule has 2 aromatic rings. The molecule has 0 saturated heterocycles. The number of carbonyl (C=O) groups is 1. The molecular formula is C14H16FN3O3S3. The first-order valence-corrected chi connectivity index (χ1v) is 10.7. The number of halogens is 1. The Morgan fingerprint density at radius 3 is 2.79 bits per heavy atom. The number of thioether (sulfide) groups is 1. The Bertz CT molecular complexity index is 782. The van der Waals surface area contributed by atoms with Crippen LogP contribution in [0.5, 0.6) is 0 Å². The van der Waals surface area contributed by atoms with Crippen molar-refractivity contribution in [2.24, 2.45) is 0 Å². The van der Waals surface area contributed by atoms with Gasteiger partial charge in [0.25, 0.3) is 0 Å². The number of nitrogens with one attached hydrogen (secondary N) is 2. The van der Waals surface area contributed by atoms with E-state index in [1.165, 1.54) is 41.4 Å². The second kappa shape index (κ2) is 8.56. The van der Waals surface area contributed by atoms with E-state index in [2.05, 4.69) is 15.0 Å². The molecular weight excluding hydrogens is 373 g/mol. The maximum atomic E-state index is 13.8. The first-order chi connectivity index (χ1) is 11.4. The minimum atomic E-state index is -4.16. The molecule has 1 aromatic heterocycles. The van der Waals surface area contributed by atoms with Crippen LogP contribution in [0.1, 0.15) is 6.42 Å². The van der Waals surface area contributed by atoms with Crippen LogP contribution in [0.2, 0.25) is 0 Å². The Kier molecular flexibility index (Phi) is 6.72. The minimum absolute atomic E-state index is 0.270. The van der Waals surface area contributed by atoms with E-state index >= 15 is 0 Å². The van der Waals surface area contributed by atoms with Crippen LogP contribution < -0.4 is 10.0 Å². The summed E-state index contributed by atoms with van der Waals surface area (Å²) in [5, 5.41) is 4.62. The fraction of sp³-hybridized carbons (Fsp3) is 0.286. The van der Waals surface area contributed by atoms with Gasteiger partial charge in [-0.2, -0.15) is 16.5 Å². The lowest BCUT2D eigenvalue weighted by atomic mass is 10.2. The van der Waals surface area contributed by atoms with Crippen molar-refractivity contribution in [2.45, 2.75) is 17.4 Å². The molecule has 0 radical (unpaired) electrons. The summed E-state index contributed by atoms with van der Waals surface area (Å²) in [7, 11) is -4.16. The molecule has 0 aliphatic carbocycles. The number of amides is 1. The van der Waals surface area contributed by atoms with Gasteiger partial charge in [0, 0.05) is 11.6 Å². The fourth-order valence-corrected chi connectivity index (χ4v) is 4.18. The number of nitrogens with zero attached hydrogens (tertiary/aromatic N) is 1. The van der Waals surface area contributed by atoms with E-state index in [-0.39, 0.29) is 6.42 Å². The zero-order valence-electron chi connectivity index (χ0n) is 12.7. The lowest BCUT2D eigenvalue weighted by molar-refractivity contribution is -0.117. The van der Waals surface area contributed by atoms with Crippen LogP contribution in [-0.4, -0.2) is 37.4 Å². The average Bonchev–Trinajstić information content (AvgIpc) is 3.04. The summed E-state index contributed by atoms with van der Waals surface area (Å²) in [5.74, 6) is -0.830. The van der Waals surface area contributed by atoms with Crippen molar-refractivity contribution >= 4 is 44.2 Å². The van der Waals surface area contributed by atoms with Crippen molar-refractivity contribution in [3.8, 4) is 0 Å². The Morgan fingerprint density at radius 2 is 2.17 bits per heavy atom. The molecule has 24 heavy (non-hydrogen) atoms. The van der Waals surface area contributed by atoms with Gasteiger partial charge in [-0.1, -0.05) is 12.1 Å². The Hall–Kier alpha value is -1.49. The highest BCUT2D eigenvalue weighted by atomic mass is 32.2. The van der Waals surface area contributed by atoms with Gasteiger partial charge in [0.1, 0.15) is 16.8 Å². The number of aromatic nitrogens is 1. The number of sulfonamides is 1. The molecule has 0 aliphatic rings. The van der Waals surface area contributed by atoms with Crippen LogP contribution in [0.4, 0.5) is 9.52 Å². The molecule has 0 aliphatic heterocycles. The largest absolute Gasteiger partial charge is 0.301 e. The van der Waals surface area contributed by atoms with Crippen LogP contribution in [0.25, 0.3) is 0 Å². The van der Waals surface area contributed by atoms with Crippen molar-refractivity contribution in [1.29, 1.82) is 0 Å². The van der Waals surface area contributed by atoms with Gasteiger partial charge in [-0.3, -0.25) is 4.79 Å². The fourth-order valence-electron chi connectivity index (χ4n) is 1.87. The summed E-state index contributed by atoms with van der Waals surface area (Å²) in [5.41, 5.74) is 0. The summed E-state index contributed by atoms with van der Waals surface area (Å²) in [6.45, 7) is 0. The van der Waals surface area contributed by atoms with Crippen molar-refractivity contribution in [2.75, 3.05) is 17.3 Å². The molecule has 1 heterocycles. The van der Waals surface area contributed by atoms with Crippen molar-refractivity contribution in [3.63, 3.8) is 0 Å². The third-order valence-electron chi connectivity index (χ3n) is 3.01. The molecule has 10 heteroatoms. The highest BCUT2D eigenvalue weighted by molar-refractivity contribution is 7.98. The van der Waals surface area contributed by atoms with Crippen LogP contribution >= 0.6 is 23.1 Å². The van der Waals surface area contributed by atoms with Crippen molar-refractivity contribution < 1.29 is 17.6 Å². The molecule has 1 aromatic carbocycles. The summed E-state index contributed by atoms with van der Waals surface area (Å²) >= 11 is 2.70. The zero-order valence-corrected chi connectivity index (χ0v) is 15.2. The summed E-state index contributed by atoms with van der Waals surface area (Å²) in [6, 6.07) is 4.01. The quantitative estimate of drug-likeness (QED) is 0.723. The number of anilines is 1. The molecule has 1 amide bonds. The molecule has 1 unspecified atom stereocenters. The first kappa shape index (κ1) is 18.8. The number of hydrogen-bond acceptors (Lipinski definition) is 6. The van der Waals surface area contributed by atoms with E-state index in [0.29, 0.717) is 10.9 Å². The molecule has 0 bridgehead atoms. The van der Waals surface area contributed by atoms with Crippen LogP contribution in [0.15, 0.2) is 40.7 Å². The number of carbonyl (C=O) groups excluding carboxylic acids is 1. The summed E-state index contributed by atoms with van der Waals surface area (Å²) < 4.78 is 40.8. The summed E-state index contributed by atoms with van der Waals surface area (Å²) in [6.07, 6.45) is 3.65. The van der Waals surface area contributed by atoms with E-state index in [4.69, 9.17) is 0 Å². The standard InChI is InChI=1S/C14H16FN3O3S3/c1-22-8-6-11(13(19)17-14-16-7-9-23-14)18-24(20,21)12-5-3-2-4-10(12)15/h2-5,7,9,11,18H,6,8H2,1H3,(H,16,17,19). The molecule has 6 nitrogen and oxygen atoms in total. The zero-order chi connectivity index (χ0) is 17.6. The average molecular weight is 389 g/mol. The van der Waals surface area contributed by atoms with Gasteiger partial charge < -0.3 is 5.32 Å². The molecule has 2 rings (SSSR count). The predicted molar refractivity (Wildman–Crippen MR) is 94.3 cm³/mol. The molecule has 2 N–H and O–H groups in total. The first-order valence-electron chi connectivity index (χ1n) is 6.90. The Labute approximate surface area is 147 Å². The van der Waals surface area contributed by atoms with Crippen molar-refractivity contribution in [1.82, 2.24) is 9.71 Å². The second-order valence-corrected chi connectivity index (χ2v) is 8.27. The SMILES string of the molecule is CSCCC(NS(=O)(=O)c1ccccc1F)C(=O)Nc1nccs1. The topological polar surface area (TPSA) is 88.2 Å². The van der Waals surface area contributed by atoms with Crippen LogP contribution in [0.3, 0.4) is 0 Å². The monoisotopic (exact) mass is 389 g/mol. The maximum absolute atomic E-state index is 13.8. The number of hydrogen-bond donors (Lipinski definition) is 2. The van der Waals surface area contributed by atoms with Gasteiger partial charge in [-0.15, -0.1) is 11.3 Å². The van der Waals surface area contributed by atoms with Gasteiger partial charge in [0.05, 0.1) is 0 Å². The van der Waals surface area contributed by atoms with E-state index in [1.807, 2.05) is 6.26 Å². The lowest BCUT2D eigenvalue weighted by Crippen LogP contribution is -2.44. The van der Waals surface area contributed by atoms with Crippen LogP contribution in [-0.2, 0) is 14.8 Å². The van der Waals surface area contributed by atoms with Gasteiger partial charge in [-0.05, 0) is 30.6 Å². The van der Waals surface area contributed by atoms with E-state index in [9.17, 15) is 17.6 Å². The van der Waals surface area contributed by atoms with Crippen LogP contribution in [0, 0.1) is 5.82 Å². The van der Waals surface area contributed by atoms with E-state index in [0.717, 1.165) is 12.1 Å².